The SMILES string of the molecule is COc1c(Nc2cc(NC(=O)C3CC3)ncc2C(N)=O)cccc1-c1cc(P(C2CC2)C2CC2)n(C)n1. The summed E-state index contributed by atoms with van der Waals surface area (Å²) in [6, 6.07) is 9.66. The number of ether oxygens (including phenoxy) is 1. The molecule has 2 amide bonds. The molecule has 6 rings (SSSR count). The summed E-state index contributed by atoms with van der Waals surface area (Å²) in [5.41, 5.74) is 11.7. The predicted molar refractivity (Wildman–Crippen MR) is 145 cm³/mol. The third-order valence-corrected chi connectivity index (χ3v) is 10.7. The largest absolute Gasteiger partial charge is 0.494 e. The first kappa shape index (κ1) is 23.9. The maximum Gasteiger partial charge on any atom is 0.252 e. The first-order chi connectivity index (χ1) is 17.9. The number of carbonyl (C=O) groups is 2. The maximum absolute atomic E-state index is 12.2. The number of hydrogen-bond acceptors (Lipinski definition) is 6. The number of nitrogens with one attached hydrogen (secondary N) is 2. The molecule has 192 valence electrons. The molecule has 3 saturated carbocycles. The highest BCUT2D eigenvalue weighted by molar-refractivity contribution is 7.67. The summed E-state index contributed by atoms with van der Waals surface area (Å²) in [6.45, 7) is 0. The van der Waals surface area contributed by atoms with Crippen molar-refractivity contribution >= 4 is 42.4 Å². The summed E-state index contributed by atoms with van der Waals surface area (Å²) < 4.78 is 7.91. The van der Waals surface area contributed by atoms with Crippen LogP contribution in [-0.4, -0.2) is 45.0 Å². The van der Waals surface area contributed by atoms with Gasteiger partial charge in [0.15, 0.2) is 5.75 Å². The summed E-state index contributed by atoms with van der Waals surface area (Å²) in [5, 5.41) is 11.0. The molecule has 3 aromatic rings. The Labute approximate surface area is 216 Å². The van der Waals surface area contributed by atoms with Crippen LogP contribution in [0.1, 0.15) is 48.9 Å². The van der Waals surface area contributed by atoms with E-state index < -0.39 is 5.91 Å². The molecule has 1 aromatic carbocycles. The van der Waals surface area contributed by atoms with Gasteiger partial charge in [0.2, 0.25) is 5.91 Å². The van der Waals surface area contributed by atoms with E-state index in [-0.39, 0.29) is 25.3 Å². The lowest BCUT2D eigenvalue weighted by molar-refractivity contribution is -0.117. The van der Waals surface area contributed by atoms with E-state index in [1.807, 2.05) is 25.2 Å². The minimum absolute atomic E-state index is 0.0370. The molecule has 3 fully saturated rings. The summed E-state index contributed by atoms with van der Waals surface area (Å²) in [5.74, 6) is 0.337. The Morgan fingerprint density at radius 3 is 2.43 bits per heavy atom. The van der Waals surface area contributed by atoms with Gasteiger partial charge in [0.05, 0.1) is 35.2 Å². The first-order valence-corrected chi connectivity index (χ1v) is 14.3. The van der Waals surface area contributed by atoms with Crippen LogP contribution in [0.3, 0.4) is 0 Å². The minimum atomic E-state index is -0.618. The van der Waals surface area contributed by atoms with Crippen molar-refractivity contribution in [2.45, 2.75) is 49.8 Å². The third-order valence-electron chi connectivity index (χ3n) is 7.13. The van der Waals surface area contributed by atoms with Gasteiger partial charge in [-0.3, -0.25) is 14.3 Å². The number of rotatable bonds is 10. The molecule has 2 aromatic heterocycles. The second-order valence-electron chi connectivity index (χ2n) is 10.1. The molecular formula is C27H31N6O3P. The van der Waals surface area contributed by atoms with Crippen molar-refractivity contribution in [3.8, 4) is 17.0 Å². The zero-order valence-corrected chi connectivity index (χ0v) is 21.9. The van der Waals surface area contributed by atoms with E-state index in [4.69, 9.17) is 15.6 Å². The molecule has 0 bridgehead atoms. The van der Waals surface area contributed by atoms with Crippen molar-refractivity contribution in [2.75, 3.05) is 17.7 Å². The molecule has 0 aliphatic heterocycles. The molecule has 3 aliphatic carbocycles. The van der Waals surface area contributed by atoms with Crippen molar-refractivity contribution in [2.24, 2.45) is 18.7 Å². The van der Waals surface area contributed by atoms with Crippen LogP contribution in [0.2, 0.25) is 0 Å². The van der Waals surface area contributed by atoms with Crippen molar-refractivity contribution in [1.29, 1.82) is 0 Å². The molecule has 37 heavy (non-hydrogen) atoms. The summed E-state index contributed by atoms with van der Waals surface area (Å²) >= 11 is 0. The second-order valence-corrected chi connectivity index (χ2v) is 12.9. The van der Waals surface area contributed by atoms with E-state index in [9.17, 15) is 9.59 Å². The molecule has 0 atom stereocenters. The molecule has 0 unspecified atom stereocenters. The maximum atomic E-state index is 12.2. The van der Waals surface area contributed by atoms with Gasteiger partial charge in [-0.1, -0.05) is 6.07 Å². The van der Waals surface area contributed by atoms with Gasteiger partial charge in [-0.25, -0.2) is 4.98 Å². The van der Waals surface area contributed by atoms with Gasteiger partial charge in [0.1, 0.15) is 5.82 Å². The number of anilines is 3. The summed E-state index contributed by atoms with van der Waals surface area (Å²) in [6.07, 6.45) is 8.50. The molecule has 2 heterocycles. The standard InChI is InChI=1S/C27H31N6O3P/c1-33-24(37(16-8-9-16)17-10-11-17)13-22(32-33)18-4-3-5-20(25(18)36-2)30-21-12-23(29-14-19(21)26(28)34)31-27(35)15-6-7-15/h3-5,12-17H,6-11H2,1-2H3,(H2,28,34)(H2,29,30,31,35). The average Bonchev–Trinajstić information content (AvgIpc) is 3.73. The molecular weight excluding hydrogens is 487 g/mol. The van der Waals surface area contributed by atoms with Crippen LogP contribution in [0, 0.1) is 5.92 Å². The number of para-hydroxylation sites is 1. The van der Waals surface area contributed by atoms with Gasteiger partial charge in [-0.05, 0) is 76.0 Å². The van der Waals surface area contributed by atoms with Crippen LogP contribution >= 0.6 is 7.92 Å². The summed E-state index contributed by atoms with van der Waals surface area (Å²) in [4.78, 5) is 28.6. The fraction of sp³-hybridized carbons (Fsp3) is 0.407. The average molecular weight is 519 g/mol. The number of amides is 2. The number of carbonyl (C=O) groups excluding carboxylic acids is 2. The zero-order chi connectivity index (χ0) is 25.7. The second kappa shape index (κ2) is 9.45. The smallest absolute Gasteiger partial charge is 0.252 e. The van der Waals surface area contributed by atoms with Crippen molar-refractivity contribution in [1.82, 2.24) is 14.8 Å². The lowest BCUT2D eigenvalue weighted by atomic mass is 10.1. The molecule has 10 heteroatoms. The van der Waals surface area contributed by atoms with E-state index in [2.05, 4.69) is 26.4 Å². The van der Waals surface area contributed by atoms with Crippen molar-refractivity contribution < 1.29 is 14.3 Å². The first-order valence-electron chi connectivity index (χ1n) is 12.8. The van der Waals surface area contributed by atoms with Gasteiger partial charge in [0, 0.05) is 30.8 Å². The number of aromatic nitrogens is 3. The highest BCUT2D eigenvalue weighted by Gasteiger charge is 2.43. The van der Waals surface area contributed by atoms with Gasteiger partial charge in [-0.15, -0.1) is 0 Å². The van der Waals surface area contributed by atoms with Crippen LogP contribution in [0.25, 0.3) is 11.3 Å². The molecule has 0 spiro atoms. The van der Waals surface area contributed by atoms with Gasteiger partial charge < -0.3 is 21.1 Å². The fourth-order valence-electron chi connectivity index (χ4n) is 4.81. The highest BCUT2D eigenvalue weighted by atomic mass is 31.1. The van der Waals surface area contributed by atoms with Gasteiger partial charge >= 0.3 is 0 Å². The van der Waals surface area contributed by atoms with Crippen LogP contribution in [0.15, 0.2) is 36.5 Å². The number of nitrogens with two attached hydrogens (primary N) is 1. The van der Waals surface area contributed by atoms with Gasteiger partial charge in [-0.2, -0.15) is 5.10 Å². The van der Waals surface area contributed by atoms with Crippen LogP contribution in [-0.2, 0) is 11.8 Å². The monoisotopic (exact) mass is 518 g/mol. The Kier molecular flexibility index (Phi) is 6.11. The lowest BCUT2D eigenvalue weighted by Gasteiger charge is -2.16. The fourth-order valence-corrected chi connectivity index (χ4v) is 8.21. The Bertz CT molecular complexity index is 1360. The number of pyridine rings is 1. The molecule has 9 nitrogen and oxygen atoms in total. The third kappa shape index (κ3) is 4.92. The van der Waals surface area contributed by atoms with E-state index in [0.717, 1.165) is 35.4 Å². The van der Waals surface area contributed by atoms with E-state index in [1.165, 1.54) is 37.3 Å². The quantitative estimate of drug-likeness (QED) is 0.347. The Morgan fingerprint density at radius 1 is 1.08 bits per heavy atom. The van der Waals surface area contributed by atoms with E-state index >= 15 is 0 Å². The van der Waals surface area contributed by atoms with Gasteiger partial charge in [0.25, 0.3) is 5.91 Å². The summed E-state index contributed by atoms with van der Waals surface area (Å²) in [7, 11) is 3.49. The normalized spacial score (nSPS) is 17.1. The number of benzene rings is 1. The molecule has 0 saturated heterocycles. The predicted octanol–water partition coefficient (Wildman–Crippen LogP) is 4.11. The highest BCUT2D eigenvalue weighted by Crippen LogP contribution is 2.63. The lowest BCUT2D eigenvalue weighted by Crippen LogP contribution is -2.17. The Hall–Kier alpha value is -3.45. The number of methoxy groups -OCH3 is 1. The topological polar surface area (TPSA) is 124 Å². The molecule has 0 radical (unpaired) electrons. The number of primary amides is 1. The van der Waals surface area contributed by atoms with Crippen LogP contribution in [0.4, 0.5) is 17.2 Å². The van der Waals surface area contributed by atoms with Crippen molar-refractivity contribution in [3.63, 3.8) is 0 Å². The minimum Gasteiger partial charge on any atom is -0.494 e. The number of nitrogens with zero attached hydrogens (tertiary/aromatic N) is 3. The molecule has 4 N–H and O–H groups in total. The number of aryl methyl sites for hydroxylation is 1. The zero-order valence-electron chi connectivity index (χ0n) is 21.0. The van der Waals surface area contributed by atoms with E-state index in [1.54, 1.807) is 13.2 Å². The van der Waals surface area contributed by atoms with Crippen molar-refractivity contribution in [3.05, 3.63) is 42.1 Å². The molecule has 3 aliphatic rings. The Balaban J connectivity index is 1.33. The number of hydrogen-bond donors (Lipinski definition) is 3. The van der Waals surface area contributed by atoms with Crippen LogP contribution in [0.5, 0.6) is 5.75 Å². The Morgan fingerprint density at radius 2 is 1.81 bits per heavy atom. The van der Waals surface area contributed by atoms with E-state index in [0.29, 0.717) is 22.9 Å². The van der Waals surface area contributed by atoms with Crippen LogP contribution < -0.4 is 26.5 Å².